The molecule has 0 spiro atoms. The van der Waals surface area contributed by atoms with Crippen molar-refractivity contribution in [3.8, 4) is 11.5 Å². The van der Waals surface area contributed by atoms with Crippen molar-refractivity contribution >= 4 is 0 Å². The number of ether oxygens (including phenoxy) is 1. The molecule has 2 aromatic rings. The lowest BCUT2D eigenvalue weighted by molar-refractivity contribution is 0.149. The second-order valence-corrected chi connectivity index (χ2v) is 3.65. The molecule has 0 atom stereocenters. The van der Waals surface area contributed by atoms with Crippen molar-refractivity contribution in [2.45, 2.75) is 12.8 Å². The zero-order valence-electron chi connectivity index (χ0n) is 9.14. The fraction of sp³-hybridized carbons (Fsp3) is 0.143. The Bertz CT molecular complexity index is 451. The highest BCUT2D eigenvalue weighted by molar-refractivity contribution is 5.33. The Morgan fingerprint density at radius 2 is 1.41 bits per heavy atom. The molecule has 0 aromatic heterocycles. The third-order valence-electron chi connectivity index (χ3n) is 2.29. The number of rotatable bonds is 4. The lowest BCUT2D eigenvalue weighted by atomic mass is 10.1. The highest BCUT2D eigenvalue weighted by Gasteiger charge is 2.04. The van der Waals surface area contributed by atoms with E-state index >= 15 is 0 Å². The second-order valence-electron chi connectivity index (χ2n) is 3.65. The number of halogens is 2. The molecule has 3 heteroatoms. The van der Waals surface area contributed by atoms with E-state index in [2.05, 4.69) is 0 Å². The van der Waals surface area contributed by atoms with Gasteiger partial charge in [0, 0.05) is 6.42 Å². The van der Waals surface area contributed by atoms with Gasteiger partial charge in [-0.05, 0) is 29.8 Å². The lowest BCUT2D eigenvalue weighted by Crippen LogP contribution is -1.96. The van der Waals surface area contributed by atoms with Crippen molar-refractivity contribution in [2.75, 3.05) is 0 Å². The summed E-state index contributed by atoms with van der Waals surface area (Å²) in [6.07, 6.45) is -2.53. The molecular formula is C14H12F2O. The minimum Gasteiger partial charge on any atom is -0.457 e. The molecule has 0 N–H and O–H groups in total. The molecule has 17 heavy (non-hydrogen) atoms. The first-order chi connectivity index (χ1) is 8.24. The Balaban J connectivity index is 2.03. The molecule has 0 aliphatic carbocycles. The highest BCUT2D eigenvalue weighted by atomic mass is 19.3. The smallest absolute Gasteiger partial charge is 0.242 e. The van der Waals surface area contributed by atoms with Gasteiger partial charge in [-0.25, -0.2) is 8.78 Å². The molecule has 2 rings (SSSR count). The molecule has 0 radical (unpaired) electrons. The van der Waals surface area contributed by atoms with E-state index in [1.165, 1.54) is 0 Å². The average molecular weight is 234 g/mol. The molecule has 2 aromatic carbocycles. The minimum absolute atomic E-state index is 0.217. The van der Waals surface area contributed by atoms with Crippen LogP contribution in [0.15, 0.2) is 54.6 Å². The lowest BCUT2D eigenvalue weighted by Gasteiger charge is -2.06. The Hall–Kier alpha value is -1.90. The quantitative estimate of drug-likeness (QED) is 0.766. The largest absolute Gasteiger partial charge is 0.457 e. The first kappa shape index (κ1) is 11.6. The fourth-order valence-corrected chi connectivity index (χ4v) is 1.50. The summed E-state index contributed by atoms with van der Waals surface area (Å²) in [5.74, 6) is 1.38. The van der Waals surface area contributed by atoms with Crippen molar-refractivity contribution in [1.29, 1.82) is 0 Å². The van der Waals surface area contributed by atoms with Crippen LogP contribution in [0.2, 0.25) is 0 Å². The second kappa shape index (κ2) is 5.43. The summed E-state index contributed by atoms with van der Waals surface area (Å²) in [6, 6.07) is 16.0. The molecule has 0 fully saturated rings. The Morgan fingerprint density at radius 3 is 2.00 bits per heavy atom. The van der Waals surface area contributed by atoms with Gasteiger partial charge in [0.05, 0.1) is 0 Å². The summed E-state index contributed by atoms with van der Waals surface area (Å²) >= 11 is 0. The maximum atomic E-state index is 12.1. The van der Waals surface area contributed by atoms with Crippen LogP contribution in [0.5, 0.6) is 11.5 Å². The third kappa shape index (κ3) is 3.55. The van der Waals surface area contributed by atoms with E-state index in [1.54, 1.807) is 24.3 Å². The SMILES string of the molecule is FC(F)Cc1ccc(Oc2ccccc2)cc1. The van der Waals surface area contributed by atoms with Gasteiger partial charge in [0.15, 0.2) is 0 Å². The van der Waals surface area contributed by atoms with Crippen LogP contribution in [0.4, 0.5) is 8.78 Å². The Morgan fingerprint density at radius 1 is 0.824 bits per heavy atom. The molecule has 0 heterocycles. The summed E-state index contributed by atoms with van der Waals surface area (Å²) in [5.41, 5.74) is 0.611. The van der Waals surface area contributed by atoms with E-state index in [-0.39, 0.29) is 6.42 Å². The summed E-state index contributed by atoms with van der Waals surface area (Å²) in [7, 11) is 0. The van der Waals surface area contributed by atoms with Gasteiger partial charge in [-0.2, -0.15) is 0 Å². The molecule has 88 valence electrons. The van der Waals surface area contributed by atoms with Crippen LogP contribution >= 0.6 is 0 Å². The number of alkyl halides is 2. The Labute approximate surface area is 98.7 Å². The molecular weight excluding hydrogens is 222 g/mol. The van der Waals surface area contributed by atoms with Gasteiger partial charge in [0.25, 0.3) is 0 Å². The van der Waals surface area contributed by atoms with Gasteiger partial charge < -0.3 is 4.74 Å². The summed E-state index contributed by atoms with van der Waals surface area (Å²) in [5, 5.41) is 0. The number of benzene rings is 2. The molecule has 0 bridgehead atoms. The normalized spacial score (nSPS) is 10.5. The van der Waals surface area contributed by atoms with E-state index < -0.39 is 6.43 Å². The van der Waals surface area contributed by atoms with Crippen LogP contribution in [-0.2, 0) is 6.42 Å². The van der Waals surface area contributed by atoms with Gasteiger partial charge >= 0.3 is 0 Å². The third-order valence-corrected chi connectivity index (χ3v) is 2.29. The highest BCUT2D eigenvalue weighted by Crippen LogP contribution is 2.21. The van der Waals surface area contributed by atoms with Crippen LogP contribution < -0.4 is 4.74 Å². The van der Waals surface area contributed by atoms with Gasteiger partial charge in [-0.1, -0.05) is 30.3 Å². The molecule has 1 nitrogen and oxygen atoms in total. The molecule has 0 saturated heterocycles. The van der Waals surface area contributed by atoms with E-state index in [0.717, 1.165) is 5.75 Å². The van der Waals surface area contributed by atoms with Gasteiger partial charge in [-0.15, -0.1) is 0 Å². The number of para-hydroxylation sites is 1. The molecule has 0 aliphatic heterocycles. The maximum absolute atomic E-state index is 12.1. The number of hydrogen-bond acceptors (Lipinski definition) is 1. The Kier molecular flexibility index (Phi) is 3.70. The standard InChI is InChI=1S/C14H12F2O/c15-14(16)10-11-6-8-13(9-7-11)17-12-4-2-1-3-5-12/h1-9,14H,10H2. The van der Waals surface area contributed by atoms with Gasteiger partial charge in [-0.3, -0.25) is 0 Å². The zero-order chi connectivity index (χ0) is 12.1. The number of hydrogen-bond donors (Lipinski definition) is 0. The molecule has 0 amide bonds. The minimum atomic E-state index is -2.31. The van der Waals surface area contributed by atoms with Crippen molar-refractivity contribution in [1.82, 2.24) is 0 Å². The van der Waals surface area contributed by atoms with Crippen molar-refractivity contribution in [3.05, 3.63) is 60.2 Å². The van der Waals surface area contributed by atoms with Crippen LogP contribution in [0.25, 0.3) is 0 Å². The first-order valence-corrected chi connectivity index (χ1v) is 5.34. The summed E-state index contributed by atoms with van der Waals surface area (Å²) in [6.45, 7) is 0. The van der Waals surface area contributed by atoms with Gasteiger partial charge in [0.2, 0.25) is 6.43 Å². The predicted molar refractivity (Wildman–Crippen MR) is 62.7 cm³/mol. The van der Waals surface area contributed by atoms with Crippen LogP contribution in [0.1, 0.15) is 5.56 Å². The van der Waals surface area contributed by atoms with Crippen molar-refractivity contribution in [3.63, 3.8) is 0 Å². The molecule has 0 saturated carbocycles. The maximum Gasteiger partial charge on any atom is 0.242 e. The van der Waals surface area contributed by atoms with Gasteiger partial charge in [0.1, 0.15) is 11.5 Å². The van der Waals surface area contributed by atoms with E-state index in [4.69, 9.17) is 4.74 Å². The first-order valence-electron chi connectivity index (χ1n) is 5.34. The predicted octanol–water partition coefficient (Wildman–Crippen LogP) is 4.29. The van der Waals surface area contributed by atoms with Crippen molar-refractivity contribution in [2.24, 2.45) is 0 Å². The van der Waals surface area contributed by atoms with Crippen LogP contribution in [0.3, 0.4) is 0 Å². The summed E-state index contributed by atoms with van der Waals surface area (Å²) < 4.78 is 29.8. The summed E-state index contributed by atoms with van der Waals surface area (Å²) in [4.78, 5) is 0. The molecule has 0 aliphatic rings. The van der Waals surface area contributed by atoms with E-state index in [9.17, 15) is 8.78 Å². The fourth-order valence-electron chi connectivity index (χ4n) is 1.50. The average Bonchev–Trinajstić information content (AvgIpc) is 2.32. The van der Waals surface area contributed by atoms with Crippen LogP contribution in [-0.4, -0.2) is 6.43 Å². The topological polar surface area (TPSA) is 9.23 Å². The van der Waals surface area contributed by atoms with E-state index in [0.29, 0.717) is 11.3 Å². The van der Waals surface area contributed by atoms with Crippen LogP contribution in [0, 0.1) is 0 Å². The molecule has 0 unspecified atom stereocenters. The van der Waals surface area contributed by atoms with E-state index in [1.807, 2.05) is 30.3 Å². The monoisotopic (exact) mass is 234 g/mol. The van der Waals surface area contributed by atoms with Crippen molar-refractivity contribution < 1.29 is 13.5 Å². The zero-order valence-corrected chi connectivity index (χ0v) is 9.14.